The summed E-state index contributed by atoms with van der Waals surface area (Å²) in [6, 6.07) is 6.86. The van der Waals surface area contributed by atoms with E-state index in [1.807, 2.05) is 0 Å². The number of aliphatic hydroxyl groups is 3. The van der Waals surface area contributed by atoms with E-state index >= 15 is 0 Å². The SMILES string of the molecule is O[C@@H]1[C@H](O)[C@@H](O)CO[C@H]1Nc1ccc(Cl)cc1. The van der Waals surface area contributed by atoms with Crippen LogP contribution < -0.4 is 5.32 Å². The van der Waals surface area contributed by atoms with Gasteiger partial charge in [-0.25, -0.2) is 0 Å². The molecule has 1 aliphatic rings. The van der Waals surface area contributed by atoms with Crippen LogP contribution in [0.25, 0.3) is 0 Å². The summed E-state index contributed by atoms with van der Waals surface area (Å²) in [6.45, 7) is -0.0243. The molecule has 1 aromatic rings. The van der Waals surface area contributed by atoms with Crippen LogP contribution in [-0.4, -0.2) is 46.5 Å². The van der Waals surface area contributed by atoms with Crippen molar-refractivity contribution in [1.29, 1.82) is 0 Å². The van der Waals surface area contributed by atoms with Gasteiger partial charge >= 0.3 is 0 Å². The van der Waals surface area contributed by atoms with E-state index in [0.717, 1.165) is 0 Å². The van der Waals surface area contributed by atoms with Crippen LogP contribution in [0.4, 0.5) is 5.69 Å². The molecule has 1 aromatic carbocycles. The van der Waals surface area contributed by atoms with Gasteiger partial charge < -0.3 is 25.4 Å². The van der Waals surface area contributed by atoms with Gasteiger partial charge in [0.1, 0.15) is 18.3 Å². The molecule has 0 aliphatic carbocycles. The molecule has 4 N–H and O–H groups in total. The zero-order chi connectivity index (χ0) is 12.4. The van der Waals surface area contributed by atoms with Crippen LogP contribution in [-0.2, 0) is 4.74 Å². The molecule has 0 bridgehead atoms. The second-order valence-corrected chi connectivity index (χ2v) is 4.39. The Hall–Kier alpha value is -0.850. The van der Waals surface area contributed by atoms with E-state index in [9.17, 15) is 15.3 Å². The van der Waals surface area contributed by atoms with Crippen molar-refractivity contribution in [2.75, 3.05) is 11.9 Å². The number of nitrogens with one attached hydrogen (secondary N) is 1. The molecule has 0 radical (unpaired) electrons. The lowest BCUT2D eigenvalue weighted by molar-refractivity contribution is -0.178. The topological polar surface area (TPSA) is 82.0 Å². The Bertz CT molecular complexity index is 372. The Morgan fingerprint density at radius 1 is 1.12 bits per heavy atom. The fraction of sp³-hybridized carbons (Fsp3) is 0.455. The summed E-state index contributed by atoms with van der Waals surface area (Å²) in [6.07, 6.45) is -4.22. The molecule has 0 spiro atoms. The quantitative estimate of drug-likeness (QED) is 0.610. The van der Waals surface area contributed by atoms with Crippen molar-refractivity contribution in [3.63, 3.8) is 0 Å². The molecule has 4 atom stereocenters. The van der Waals surface area contributed by atoms with Crippen molar-refractivity contribution >= 4 is 17.3 Å². The Labute approximate surface area is 104 Å². The van der Waals surface area contributed by atoms with Crippen LogP contribution in [0.1, 0.15) is 0 Å². The summed E-state index contributed by atoms with van der Waals surface area (Å²) in [5, 5.41) is 32.0. The lowest BCUT2D eigenvalue weighted by Crippen LogP contribution is -2.55. The normalized spacial score (nSPS) is 33.4. The number of ether oxygens (including phenoxy) is 1. The first-order valence-electron chi connectivity index (χ1n) is 5.26. The standard InChI is InChI=1S/C11H14ClNO4/c12-6-1-3-7(4-2-6)13-11-10(16)9(15)8(14)5-17-11/h1-4,8-11,13-16H,5H2/t8-,9+,10+,11+/m0/s1. The average molecular weight is 260 g/mol. The molecule has 17 heavy (non-hydrogen) atoms. The van der Waals surface area contributed by atoms with Gasteiger partial charge in [0.05, 0.1) is 6.61 Å². The van der Waals surface area contributed by atoms with Crippen LogP contribution in [0.2, 0.25) is 5.02 Å². The molecule has 1 aliphatic heterocycles. The first-order chi connectivity index (χ1) is 8.08. The van der Waals surface area contributed by atoms with Gasteiger partial charge in [-0.15, -0.1) is 0 Å². The summed E-state index contributed by atoms with van der Waals surface area (Å²) in [5.41, 5.74) is 0.710. The maximum atomic E-state index is 9.70. The maximum Gasteiger partial charge on any atom is 0.156 e. The highest BCUT2D eigenvalue weighted by molar-refractivity contribution is 6.30. The number of anilines is 1. The first-order valence-corrected chi connectivity index (χ1v) is 5.63. The third-order valence-electron chi connectivity index (χ3n) is 2.65. The molecule has 0 unspecified atom stereocenters. The minimum atomic E-state index is -1.21. The molecule has 1 saturated heterocycles. The number of benzene rings is 1. The summed E-state index contributed by atoms with van der Waals surface area (Å²) >= 11 is 5.74. The predicted molar refractivity (Wildman–Crippen MR) is 62.8 cm³/mol. The summed E-state index contributed by atoms with van der Waals surface area (Å²) in [5.74, 6) is 0. The fourth-order valence-electron chi connectivity index (χ4n) is 1.64. The molecule has 0 aromatic heterocycles. The van der Waals surface area contributed by atoms with Crippen LogP contribution in [0.15, 0.2) is 24.3 Å². The Balaban J connectivity index is 2.01. The fourth-order valence-corrected chi connectivity index (χ4v) is 1.77. The lowest BCUT2D eigenvalue weighted by Gasteiger charge is -2.35. The van der Waals surface area contributed by atoms with Crippen LogP contribution >= 0.6 is 11.6 Å². The average Bonchev–Trinajstić information content (AvgIpc) is 2.33. The molecule has 6 heteroatoms. The molecule has 2 rings (SSSR count). The third kappa shape index (κ3) is 2.88. The van der Waals surface area contributed by atoms with Crippen molar-refractivity contribution in [3.8, 4) is 0 Å². The van der Waals surface area contributed by atoms with Gasteiger partial charge in [0.2, 0.25) is 0 Å². The summed E-state index contributed by atoms with van der Waals surface area (Å²) in [4.78, 5) is 0. The Kier molecular flexibility index (Phi) is 3.86. The van der Waals surface area contributed by atoms with E-state index in [1.165, 1.54) is 0 Å². The van der Waals surface area contributed by atoms with Crippen LogP contribution in [0.3, 0.4) is 0 Å². The van der Waals surface area contributed by atoms with Gasteiger partial charge in [-0.1, -0.05) is 11.6 Å². The number of hydrogen-bond acceptors (Lipinski definition) is 5. The number of rotatable bonds is 2. The van der Waals surface area contributed by atoms with Crippen LogP contribution in [0.5, 0.6) is 0 Å². The van der Waals surface area contributed by atoms with E-state index in [-0.39, 0.29) is 6.61 Å². The second kappa shape index (κ2) is 5.20. The van der Waals surface area contributed by atoms with Gasteiger partial charge in [0, 0.05) is 10.7 Å². The summed E-state index contributed by atoms with van der Waals surface area (Å²) in [7, 11) is 0. The van der Waals surface area contributed by atoms with Crippen LogP contribution in [0, 0.1) is 0 Å². The molecule has 1 heterocycles. The molecule has 0 saturated carbocycles. The van der Waals surface area contributed by atoms with Crippen molar-refractivity contribution in [3.05, 3.63) is 29.3 Å². The predicted octanol–water partition coefficient (Wildman–Crippen LogP) is 0.191. The van der Waals surface area contributed by atoms with Gasteiger partial charge in [0.25, 0.3) is 0 Å². The monoisotopic (exact) mass is 259 g/mol. The zero-order valence-electron chi connectivity index (χ0n) is 8.95. The number of aliphatic hydroxyl groups excluding tert-OH is 3. The first kappa shape index (κ1) is 12.6. The van der Waals surface area contributed by atoms with E-state index in [2.05, 4.69) is 5.32 Å². The minimum Gasteiger partial charge on any atom is -0.388 e. The van der Waals surface area contributed by atoms with E-state index in [0.29, 0.717) is 10.7 Å². The van der Waals surface area contributed by atoms with Crippen molar-refractivity contribution < 1.29 is 20.1 Å². The lowest BCUT2D eigenvalue weighted by atomic mass is 10.0. The maximum absolute atomic E-state index is 9.70. The smallest absolute Gasteiger partial charge is 0.156 e. The van der Waals surface area contributed by atoms with Gasteiger partial charge in [-0.2, -0.15) is 0 Å². The van der Waals surface area contributed by atoms with E-state index in [1.54, 1.807) is 24.3 Å². The number of halogens is 1. The van der Waals surface area contributed by atoms with E-state index in [4.69, 9.17) is 16.3 Å². The van der Waals surface area contributed by atoms with Gasteiger partial charge in [0.15, 0.2) is 6.23 Å². The molecule has 94 valence electrons. The Morgan fingerprint density at radius 3 is 2.41 bits per heavy atom. The molecule has 5 nitrogen and oxygen atoms in total. The molecule has 0 amide bonds. The second-order valence-electron chi connectivity index (χ2n) is 3.95. The highest BCUT2D eigenvalue weighted by Gasteiger charge is 2.37. The van der Waals surface area contributed by atoms with Crippen molar-refractivity contribution in [1.82, 2.24) is 0 Å². The van der Waals surface area contributed by atoms with Crippen molar-refractivity contribution in [2.45, 2.75) is 24.5 Å². The van der Waals surface area contributed by atoms with Crippen molar-refractivity contribution in [2.24, 2.45) is 0 Å². The highest BCUT2D eigenvalue weighted by Crippen LogP contribution is 2.19. The molecule has 1 fully saturated rings. The minimum absolute atomic E-state index is 0.0243. The zero-order valence-corrected chi connectivity index (χ0v) is 9.71. The molecular weight excluding hydrogens is 246 g/mol. The van der Waals surface area contributed by atoms with Gasteiger partial charge in [-0.3, -0.25) is 0 Å². The third-order valence-corrected chi connectivity index (χ3v) is 2.91. The van der Waals surface area contributed by atoms with E-state index < -0.39 is 24.5 Å². The van der Waals surface area contributed by atoms with Gasteiger partial charge in [-0.05, 0) is 24.3 Å². The molecular formula is C11H14ClNO4. The summed E-state index contributed by atoms with van der Waals surface area (Å²) < 4.78 is 5.20. The Morgan fingerprint density at radius 2 is 1.76 bits per heavy atom. The highest BCUT2D eigenvalue weighted by atomic mass is 35.5. The largest absolute Gasteiger partial charge is 0.388 e. The number of hydrogen-bond donors (Lipinski definition) is 4.